The first kappa shape index (κ1) is 16.8. The molecule has 0 saturated heterocycles. The van der Waals surface area contributed by atoms with Crippen LogP contribution in [0.3, 0.4) is 0 Å². The molecule has 0 fully saturated rings. The SMILES string of the molecule is CCCOc1c(Br)cc(/C=N/NCCO)cc1OCC. The van der Waals surface area contributed by atoms with E-state index in [4.69, 9.17) is 14.6 Å². The fraction of sp³-hybridized carbons (Fsp3) is 0.500. The Morgan fingerprint density at radius 3 is 2.80 bits per heavy atom. The van der Waals surface area contributed by atoms with Crippen molar-refractivity contribution in [1.82, 2.24) is 5.43 Å². The molecule has 6 heteroatoms. The first-order chi connectivity index (χ1) is 9.72. The van der Waals surface area contributed by atoms with Crippen LogP contribution in [-0.4, -0.2) is 37.7 Å². The Hall–Kier alpha value is -1.27. The van der Waals surface area contributed by atoms with Gasteiger partial charge in [-0.2, -0.15) is 5.10 Å². The van der Waals surface area contributed by atoms with Crippen molar-refractivity contribution in [3.63, 3.8) is 0 Å². The van der Waals surface area contributed by atoms with Gasteiger partial charge in [-0.25, -0.2) is 0 Å². The molecule has 5 nitrogen and oxygen atoms in total. The summed E-state index contributed by atoms with van der Waals surface area (Å²) in [6.45, 7) is 5.67. The smallest absolute Gasteiger partial charge is 0.175 e. The van der Waals surface area contributed by atoms with E-state index in [1.165, 1.54) is 0 Å². The van der Waals surface area contributed by atoms with Gasteiger partial charge in [-0.15, -0.1) is 0 Å². The van der Waals surface area contributed by atoms with Gasteiger partial charge in [0.25, 0.3) is 0 Å². The van der Waals surface area contributed by atoms with Crippen molar-refractivity contribution in [2.75, 3.05) is 26.4 Å². The summed E-state index contributed by atoms with van der Waals surface area (Å²) in [5.41, 5.74) is 3.62. The minimum atomic E-state index is 0.0506. The number of hydrogen-bond donors (Lipinski definition) is 2. The molecule has 1 aromatic carbocycles. The van der Waals surface area contributed by atoms with Gasteiger partial charge in [0.15, 0.2) is 11.5 Å². The van der Waals surface area contributed by atoms with Crippen LogP contribution in [0.1, 0.15) is 25.8 Å². The van der Waals surface area contributed by atoms with E-state index in [-0.39, 0.29) is 6.61 Å². The minimum absolute atomic E-state index is 0.0506. The zero-order valence-electron chi connectivity index (χ0n) is 11.9. The summed E-state index contributed by atoms with van der Waals surface area (Å²) in [7, 11) is 0. The van der Waals surface area contributed by atoms with Crippen LogP contribution in [0.15, 0.2) is 21.7 Å². The normalized spacial score (nSPS) is 10.8. The molecule has 0 spiro atoms. The third-order valence-electron chi connectivity index (χ3n) is 2.31. The summed E-state index contributed by atoms with van der Waals surface area (Å²) >= 11 is 3.49. The number of ether oxygens (including phenoxy) is 2. The summed E-state index contributed by atoms with van der Waals surface area (Å²) in [5.74, 6) is 1.41. The molecule has 1 aromatic rings. The van der Waals surface area contributed by atoms with Gasteiger partial charge in [0, 0.05) is 0 Å². The van der Waals surface area contributed by atoms with Gasteiger partial charge >= 0.3 is 0 Å². The fourth-order valence-corrected chi connectivity index (χ4v) is 2.08. The number of halogens is 1. The van der Waals surface area contributed by atoms with E-state index in [2.05, 4.69) is 33.4 Å². The lowest BCUT2D eigenvalue weighted by Crippen LogP contribution is -2.11. The maximum absolute atomic E-state index is 8.66. The molecule has 0 aliphatic carbocycles. The Bertz CT molecular complexity index is 439. The third kappa shape index (κ3) is 5.38. The first-order valence-corrected chi connectivity index (χ1v) is 7.48. The van der Waals surface area contributed by atoms with Gasteiger partial charge < -0.3 is 20.0 Å². The molecule has 20 heavy (non-hydrogen) atoms. The van der Waals surface area contributed by atoms with E-state index in [9.17, 15) is 0 Å². The summed E-state index contributed by atoms with van der Waals surface area (Å²) in [6, 6.07) is 3.79. The lowest BCUT2D eigenvalue weighted by Gasteiger charge is -2.14. The van der Waals surface area contributed by atoms with Gasteiger partial charge in [-0.05, 0) is 47.0 Å². The number of aliphatic hydroxyl groups excluding tert-OH is 1. The van der Waals surface area contributed by atoms with Gasteiger partial charge in [-0.3, -0.25) is 0 Å². The largest absolute Gasteiger partial charge is 0.490 e. The molecule has 0 aliphatic heterocycles. The van der Waals surface area contributed by atoms with Crippen LogP contribution in [-0.2, 0) is 0 Å². The highest BCUT2D eigenvalue weighted by Gasteiger charge is 2.11. The molecular formula is C14H21BrN2O3. The van der Waals surface area contributed by atoms with Gasteiger partial charge in [0.1, 0.15) is 0 Å². The van der Waals surface area contributed by atoms with Crippen molar-refractivity contribution in [3.05, 3.63) is 22.2 Å². The quantitative estimate of drug-likeness (QED) is 0.410. The van der Waals surface area contributed by atoms with E-state index in [1.54, 1.807) is 6.21 Å². The molecule has 0 bridgehead atoms. The topological polar surface area (TPSA) is 63.1 Å². The summed E-state index contributed by atoms with van der Waals surface area (Å²) in [6.07, 6.45) is 2.61. The maximum Gasteiger partial charge on any atom is 0.175 e. The van der Waals surface area contributed by atoms with Crippen LogP contribution in [0.5, 0.6) is 11.5 Å². The molecule has 0 radical (unpaired) electrons. The molecule has 0 heterocycles. The standard InChI is InChI=1S/C14H21BrN2O3/c1-3-7-20-14-12(15)8-11(9-13(14)19-4-2)10-17-16-5-6-18/h8-10,16,18H,3-7H2,1-2H3/b17-10+. The molecule has 0 saturated carbocycles. The Labute approximate surface area is 128 Å². The van der Waals surface area contributed by atoms with E-state index in [0.29, 0.717) is 31.3 Å². The number of nitrogens with one attached hydrogen (secondary N) is 1. The van der Waals surface area contributed by atoms with Crippen LogP contribution < -0.4 is 14.9 Å². The van der Waals surface area contributed by atoms with Crippen LogP contribution >= 0.6 is 15.9 Å². The van der Waals surface area contributed by atoms with E-state index >= 15 is 0 Å². The maximum atomic E-state index is 8.66. The van der Waals surface area contributed by atoms with E-state index in [0.717, 1.165) is 16.5 Å². The lowest BCUT2D eigenvalue weighted by molar-refractivity contribution is 0.275. The highest BCUT2D eigenvalue weighted by molar-refractivity contribution is 9.10. The Kier molecular flexibility index (Phi) is 8.06. The van der Waals surface area contributed by atoms with Crippen molar-refractivity contribution in [1.29, 1.82) is 0 Å². The predicted molar refractivity (Wildman–Crippen MR) is 83.8 cm³/mol. The number of hydrogen-bond acceptors (Lipinski definition) is 5. The van der Waals surface area contributed by atoms with E-state index in [1.807, 2.05) is 19.1 Å². The minimum Gasteiger partial charge on any atom is -0.490 e. The second-order valence-electron chi connectivity index (χ2n) is 4.00. The molecule has 112 valence electrons. The molecule has 0 aliphatic rings. The molecule has 2 N–H and O–H groups in total. The highest BCUT2D eigenvalue weighted by Crippen LogP contribution is 2.36. The van der Waals surface area contributed by atoms with Gasteiger partial charge in [0.2, 0.25) is 0 Å². The molecule has 0 unspecified atom stereocenters. The van der Waals surface area contributed by atoms with E-state index < -0.39 is 0 Å². The fourth-order valence-electron chi connectivity index (χ4n) is 1.50. The van der Waals surface area contributed by atoms with Crippen LogP contribution in [0.2, 0.25) is 0 Å². The van der Waals surface area contributed by atoms with Crippen molar-refractivity contribution < 1.29 is 14.6 Å². The number of nitrogens with zero attached hydrogens (tertiary/aromatic N) is 1. The Morgan fingerprint density at radius 1 is 1.35 bits per heavy atom. The van der Waals surface area contributed by atoms with Gasteiger partial charge in [0.05, 0.1) is 37.1 Å². The van der Waals surface area contributed by atoms with Crippen LogP contribution in [0.4, 0.5) is 0 Å². The molecule has 1 rings (SSSR count). The van der Waals surface area contributed by atoms with Crippen LogP contribution in [0.25, 0.3) is 0 Å². The first-order valence-electron chi connectivity index (χ1n) is 6.68. The zero-order valence-corrected chi connectivity index (χ0v) is 13.4. The molecule has 0 atom stereocenters. The number of rotatable bonds is 9. The zero-order chi connectivity index (χ0) is 14.8. The highest BCUT2D eigenvalue weighted by atomic mass is 79.9. The molecular weight excluding hydrogens is 324 g/mol. The summed E-state index contributed by atoms with van der Waals surface area (Å²) in [5, 5.41) is 12.7. The van der Waals surface area contributed by atoms with Crippen LogP contribution in [0, 0.1) is 0 Å². The third-order valence-corrected chi connectivity index (χ3v) is 2.90. The van der Waals surface area contributed by atoms with Crippen molar-refractivity contribution >= 4 is 22.1 Å². The van der Waals surface area contributed by atoms with Crippen molar-refractivity contribution in [2.24, 2.45) is 5.10 Å². The number of benzene rings is 1. The van der Waals surface area contributed by atoms with Crippen molar-refractivity contribution in [3.8, 4) is 11.5 Å². The van der Waals surface area contributed by atoms with Gasteiger partial charge in [-0.1, -0.05) is 6.92 Å². The Morgan fingerprint density at radius 2 is 2.15 bits per heavy atom. The second kappa shape index (κ2) is 9.61. The average molecular weight is 345 g/mol. The molecule has 0 amide bonds. The molecule has 0 aromatic heterocycles. The van der Waals surface area contributed by atoms with Crippen molar-refractivity contribution in [2.45, 2.75) is 20.3 Å². The lowest BCUT2D eigenvalue weighted by atomic mass is 10.2. The summed E-state index contributed by atoms with van der Waals surface area (Å²) < 4.78 is 12.1. The Balaban J connectivity index is 2.90. The monoisotopic (exact) mass is 344 g/mol. The predicted octanol–water partition coefficient (Wildman–Crippen LogP) is 2.55. The number of aliphatic hydroxyl groups is 1. The second-order valence-corrected chi connectivity index (χ2v) is 4.86. The number of hydrazone groups is 1. The summed E-state index contributed by atoms with van der Waals surface area (Å²) in [4.78, 5) is 0. The average Bonchev–Trinajstić information content (AvgIpc) is 2.43.